The van der Waals surface area contributed by atoms with Gasteiger partial charge in [-0.3, -0.25) is 4.79 Å². The lowest BCUT2D eigenvalue weighted by atomic mass is 10.0. The lowest BCUT2D eigenvalue weighted by Gasteiger charge is -2.19. The Morgan fingerprint density at radius 3 is 1.67 bits per heavy atom. The molecule has 0 fully saturated rings. The summed E-state index contributed by atoms with van der Waals surface area (Å²) in [4.78, 5) is 11.7. The molecule has 0 rings (SSSR count). The van der Waals surface area contributed by atoms with Gasteiger partial charge in [0.05, 0.1) is 0 Å². The van der Waals surface area contributed by atoms with Gasteiger partial charge >= 0.3 is 5.97 Å². The van der Waals surface area contributed by atoms with Crippen LogP contribution in [0.2, 0.25) is 0 Å². The smallest absolute Gasteiger partial charge is 0.322 e. The highest BCUT2D eigenvalue weighted by atomic mass is 16.5. The molecule has 0 amide bonds. The van der Waals surface area contributed by atoms with E-state index < -0.39 is 6.04 Å². The van der Waals surface area contributed by atoms with Gasteiger partial charge in [-0.15, -0.1) is 0 Å². The molecule has 1 atom stereocenters. The van der Waals surface area contributed by atoms with Crippen molar-refractivity contribution in [3.63, 3.8) is 0 Å². The van der Waals surface area contributed by atoms with E-state index in [-0.39, 0.29) is 12.1 Å². The van der Waals surface area contributed by atoms with E-state index >= 15 is 0 Å². The number of hydrogen-bond donors (Lipinski definition) is 1. The van der Waals surface area contributed by atoms with Gasteiger partial charge in [-0.05, 0) is 32.6 Å². The third-order valence-electron chi connectivity index (χ3n) is 3.91. The van der Waals surface area contributed by atoms with Crippen LogP contribution in [-0.2, 0) is 9.53 Å². The molecule has 126 valence electrons. The van der Waals surface area contributed by atoms with Crippen molar-refractivity contribution in [2.75, 3.05) is 0 Å². The van der Waals surface area contributed by atoms with Crippen LogP contribution in [0.15, 0.2) is 0 Å². The minimum Gasteiger partial charge on any atom is -0.461 e. The summed E-state index contributed by atoms with van der Waals surface area (Å²) in [7, 11) is 0. The first-order valence-corrected chi connectivity index (χ1v) is 9.07. The molecule has 0 aromatic carbocycles. The van der Waals surface area contributed by atoms with Crippen LogP contribution in [0, 0.1) is 0 Å². The summed E-state index contributed by atoms with van der Waals surface area (Å²) in [5.74, 6) is -0.248. The van der Waals surface area contributed by atoms with E-state index in [0.717, 1.165) is 25.7 Å². The first kappa shape index (κ1) is 20.4. The molecule has 0 aliphatic rings. The first-order valence-electron chi connectivity index (χ1n) is 9.07. The number of carbonyl (C=O) groups excluding carboxylic acids is 1. The van der Waals surface area contributed by atoms with Crippen LogP contribution in [0.25, 0.3) is 0 Å². The van der Waals surface area contributed by atoms with Crippen LogP contribution in [0.1, 0.15) is 97.8 Å². The van der Waals surface area contributed by atoms with Gasteiger partial charge in [-0.1, -0.05) is 65.2 Å². The fourth-order valence-corrected chi connectivity index (χ4v) is 2.48. The molecular weight excluding hydrogens is 262 g/mol. The van der Waals surface area contributed by atoms with E-state index in [2.05, 4.69) is 13.8 Å². The number of unbranched alkanes of at least 4 members (excludes halogenated alkanes) is 8. The number of nitrogens with two attached hydrogens (primary N) is 1. The second-order valence-electron chi connectivity index (χ2n) is 6.25. The normalized spacial score (nSPS) is 12.6. The molecule has 0 saturated heterocycles. The zero-order valence-corrected chi connectivity index (χ0v) is 14.5. The van der Waals surface area contributed by atoms with Crippen LogP contribution >= 0.6 is 0 Å². The average molecular weight is 299 g/mol. The molecule has 0 spiro atoms. The Labute approximate surface area is 132 Å². The van der Waals surface area contributed by atoms with Crippen LogP contribution in [0.5, 0.6) is 0 Å². The molecule has 0 aliphatic carbocycles. The minimum atomic E-state index is -0.507. The molecule has 0 aliphatic heterocycles. The summed E-state index contributed by atoms with van der Waals surface area (Å²) < 4.78 is 5.56. The highest BCUT2D eigenvalue weighted by Gasteiger charge is 2.16. The SMILES string of the molecule is CCCCCCCC(CCCCCCC)OC(=O)C(C)N. The monoisotopic (exact) mass is 299 g/mol. The quantitative estimate of drug-likeness (QED) is 0.364. The Kier molecular flexibility index (Phi) is 14.0. The van der Waals surface area contributed by atoms with Crippen LogP contribution in [0.4, 0.5) is 0 Å². The van der Waals surface area contributed by atoms with Crippen LogP contribution < -0.4 is 5.73 Å². The molecule has 0 heterocycles. The zero-order valence-electron chi connectivity index (χ0n) is 14.5. The van der Waals surface area contributed by atoms with E-state index in [1.807, 2.05) is 0 Å². The second kappa shape index (κ2) is 14.4. The Morgan fingerprint density at radius 1 is 0.857 bits per heavy atom. The van der Waals surface area contributed by atoms with Gasteiger partial charge in [-0.25, -0.2) is 0 Å². The van der Waals surface area contributed by atoms with Crippen molar-refractivity contribution in [3.8, 4) is 0 Å². The topological polar surface area (TPSA) is 52.3 Å². The van der Waals surface area contributed by atoms with Gasteiger partial charge in [0.2, 0.25) is 0 Å². The highest BCUT2D eigenvalue weighted by Crippen LogP contribution is 2.16. The van der Waals surface area contributed by atoms with E-state index in [1.165, 1.54) is 51.4 Å². The molecule has 0 aromatic rings. The molecule has 1 unspecified atom stereocenters. The molecule has 21 heavy (non-hydrogen) atoms. The third kappa shape index (κ3) is 12.9. The van der Waals surface area contributed by atoms with Crippen LogP contribution in [-0.4, -0.2) is 18.1 Å². The third-order valence-corrected chi connectivity index (χ3v) is 3.91. The van der Waals surface area contributed by atoms with Crippen molar-refractivity contribution in [2.45, 2.75) is 110 Å². The fraction of sp³-hybridized carbons (Fsp3) is 0.944. The maximum atomic E-state index is 11.7. The van der Waals surface area contributed by atoms with Gasteiger partial charge in [0.15, 0.2) is 0 Å². The number of esters is 1. The van der Waals surface area contributed by atoms with Gasteiger partial charge in [-0.2, -0.15) is 0 Å². The van der Waals surface area contributed by atoms with Gasteiger partial charge in [0, 0.05) is 0 Å². The van der Waals surface area contributed by atoms with Crippen molar-refractivity contribution in [2.24, 2.45) is 5.73 Å². The fourth-order valence-electron chi connectivity index (χ4n) is 2.48. The van der Waals surface area contributed by atoms with Crippen molar-refractivity contribution in [3.05, 3.63) is 0 Å². The standard InChI is InChI=1S/C18H37NO2/c1-4-6-8-10-12-14-17(21-18(20)16(3)19)15-13-11-9-7-5-2/h16-17H,4-15,19H2,1-3H3. The number of carbonyl (C=O) groups is 1. The second-order valence-corrected chi connectivity index (χ2v) is 6.25. The maximum Gasteiger partial charge on any atom is 0.322 e. The summed E-state index contributed by atoms with van der Waals surface area (Å²) in [6.45, 7) is 6.15. The summed E-state index contributed by atoms with van der Waals surface area (Å²) >= 11 is 0. The summed E-state index contributed by atoms with van der Waals surface area (Å²) in [5, 5.41) is 0. The van der Waals surface area contributed by atoms with Crippen molar-refractivity contribution in [1.29, 1.82) is 0 Å². The Morgan fingerprint density at radius 2 is 1.29 bits per heavy atom. The summed E-state index contributed by atoms with van der Waals surface area (Å²) in [6.07, 6.45) is 14.6. The minimum absolute atomic E-state index is 0.0757. The molecule has 0 bridgehead atoms. The van der Waals surface area contributed by atoms with Crippen molar-refractivity contribution >= 4 is 5.97 Å². The summed E-state index contributed by atoms with van der Waals surface area (Å²) in [6, 6.07) is -0.507. The van der Waals surface area contributed by atoms with Gasteiger partial charge < -0.3 is 10.5 Å². The lowest BCUT2D eigenvalue weighted by molar-refractivity contribution is -0.151. The van der Waals surface area contributed by atoms with Crippen molar-refractivity contribution in [1.82, 2.24) is 0 Å². The predicted octanol–water partition coefficient (Wildman–Crippen LogP) is 4.97. The lowest BCUT2D eigenvalue weighted by Crippen LogP contribution is -2.32. The number of hydrogen-bond acceptors (Lipinski definition) is 3. The van der Waals surface area contributed by atoms with E-state index in [9.17, 15) is 4.79 Å². The molecule has 3 heteroatoms. The van der Waals surface area contributed by atoms with E-state index in [1.54, 1.807) is 6.92 Å². The highest BCUT2D eigenvalue weighted by molar-refractivity contribution is 5.75. The average Bonchev–Trinajstić information content (AvgIpc) is 2.46. The Hall–Kier alpha value is -0.570. The van der Waals surface area contributed by atoms with Gasteiger partial charge in [0.1, 0.15) is 12.1 Å². The molecule has 3 nitrogen and oxygen atoms in total. The molecular formula is C18H37NO2. The Bertz CT molecular complexity index is 227. The molecule has 0 radical (unpaired) electrons. The first-order chi connectivity index (χ1) is 10.1. The summed E-state index contributed by atoms with van der Waals surface area (Å²) in [5.41, 5.74) is 5.60. The maximum absolute atomic E-state index is 11.7. The molecule has 2 N–H and O–H groups in total. The molecule has 0 aromatic heterocycles. The van der Waals surface area contributed by atoms with E-state index in [0.29, 0.717) is 0 Å². The predicted molar refractivity (Wildman–Crippen MR) is 90.3 cm³/mol. The Balaban J connectivity index is 3.94. The van der Waals surface area contributed by atoms with Gasteiger partial charge in [0.25, 0.3) is 0 Å². The number of rotatable bonds is 14. The zero-order chi connectivity index (χ0) is 15.9. The number of ether oxygens (including phenoxy) is 1. The van der Waals surface area contributed by atoms with Crippen molar-refractivity contribution < 1.29 is 9.53 Å². The van der Waals surface area contributed by atoms with Crippen LogP contribution in [0.3, 0.4) is 0 Å². The molecule has 0 saturated carbocycles. The largest absolute Gasteiger partial charge is 0.461 e. The van der Waals surface area contributed by atoms with E-state index in [4.69, 9.17) is 10.5 Å².